The molecule has 0 heterocycles. The van der Waals surface area contributed by atoms with Gasteiger partial charge in [-0.05, 0) is 25.7 Å². The van der Waals surface area contributed by atoms with Gasteiger partial charge in [0.1, 0.15) is 0 Å². The number of Topliss-reactive ketones (excluding diaryl/α,β-unsaturated/α-hetero) is 1. The number of rotatable bonds is 6. The van der Waals surface area contributed by atoms with E-state index in [0.29, 0.717) is 11.5 Å². The van der Waals surface area contributed by atoms with Crippen LogP contribution < -0.4 is 5.32 Å². The third-order valence-electron chi connectivity index (χ3n) is 4.56. The highest BCUT2D eigenvalue weighted by atomic mass is 16.4. The predicted molar refractivity (Wildman–Crippen MR) is 86.1 cm³/mol. The fraction of sp³-hybridized carbons (Fsp3) is 0.556. The maximum absolute atomic E-state index is 12.6. The van der Waals surface area contributed by atoms with Crippen LogP contribution in [0.5, 0.6) is 0 Å². The lowest BCUT2D eigenvalue weighted by Gasteiger charge is -2.32. The summed E-state index contributed by atoms with van der Waals surface area (Å²) < 4.78 is 0. The van der Waals surface area contributed by atoms with Crippen molar-refractivity contribution >= 4 is 11.8 Å². The maximum Gasteiger partial charge on any atom is 0.305 e. The van der Waals surface area contributed by atoms with Gasteiger partial charge in [-0.1, -0.05) is 49.6 Å². The summed E-state index contributed by atoms with van der Waals surface area (Å²) >= 11 is 0. The summed E-state index contributed by atoms with van der Waals surface area (Å²) in [4.78, 5) is 23.8. The molecule has 120 valence electrons. The average molecular weight is 303 g/mol. The molecule has 22 heavy (non-hydrogen) atoms. The van der Waals surface area contributed by atoms with E-state index < -0.39 is 12.0 Å². The van der Waals surface area contributed by atoms with E-state index in [1.807, 2.05) is 19.1 Å². The van der Waals surface area contributed by atoms with Crippen molar-refractivity contribution in [1.82, 2.24) is 5.32 Å². The highest BCUT2D eigenvalue weighted by molar-refractivity contribution is 6.01. The Morgan fingerprint density at radius 3 is 2.45 bits per heavy atom. The van der Waals surface area contributed by atoms with E-state index in [4.69, 9.17) is 5.11 Å². The highest BCUT2D eigenvalue weighted by Gasteiger charge is 2.29. The van der Waals surface area contributed by atoms with Gasteiger partial charge in [-0.15, -0.1) is 0 Å². The number of hydrogen-bond donors (Lipinski definition) is 2. The second kappa shape index (κ2) is 7.54. The van der Waals surface area contributed by atoms with Crippen molar-refractivity contribution in [2.75, 3.05) is 0 Å². The van der Waals surface area contributed by atoms with Crippen molar-refractivity contribution in [3.05, 3.63) is 35.4 Å². The van der Waals surface area contributed by atoms with E-state index in [-0.39, 0.29) is 18.2 Å². The minimum atomic E-state index is -0.943. The number of hydrogen-bond acceptors (Lipinski definition) is 3. The summed E-state index contributed by atoms with van der Waals surface area (Å²) in [6.07, 6.45) is 4.33. The number of carboxylic acid groups (broad SMARTS) is 1. The Bertz CT molecular complexity index is 524. The van der Waals surface area contributed by atoms with Crippen LogP contribution in [0.2, 0.25) is 0 Å². The molecule has 0 radical (unpaired) electrons. The molecule has 1 saturated carbocycles. The number of benzene rings is 1. The molecular formula is C18H25NO3. The third kappa shape index (κ3) is 4.41. The molecule has 2 rings (SSSR count). The molecule has 3 unspecified atom stereocenters. The van der Waals surface area contributed by atoms with Crippen molar-refractivity contribution in [2.45, 2.75) is 58.0 Å². The fourth-order valence-electron chi connectivity index (χ4n) is 3.14. The molecule has 2 N–H and O–H groups in total. The Hall–Kier alpha value is -1.68. The predicted octanol–water partition coefficient (Wildman–Crippen LogP) is 3.19. The molecule has 0 bridgehead atoms. The first kappa shape index (κ1) is 16.7. The van der Waals surface area contributed by atoms with Gasteiger partial charge in [0.05, 0.1) is 12.5 Å². The Balaban J connectivity index is 2.12. The summed E-state index contributed by atoms with van der Waals surface area (Å²) in [7, 11) is 0. The van der Waals surface area contributed by atoms with Crippen LogP contribution in [0.1, 0.15) is 54.9 Å². The van der Waals surface area contributed by atoms with Crippen molar-refractivity contribution in [2.24, 2.45) is 5.92 Å². The van der Waals surface area contributed by atoms with Crippen LogP contribution in [0.15, 0.2) is 24.3 Å². The fourth-order valence-corrected chi connectivity index (χ4v) is 3.14. The number of carbonyl (C=O) groups is 2. The summed E-state index contributed by atoms with van der Waals surface area (Å²) in [5.74, 6) is -0.586. The third-order valence-corrected chi connectivity index (χ3v) is 4.56. The number of carbonyl (C=O) groups excluding carboxylic acids is 1. The van der Waals surface area contributed by atoms with Gasteiger partial charge < -0.3 is 10.4 Å². The minimum absolute atomic E-state index is 0.125. The van der Waals surface area contributed by atoms with E-state index in [1.54, 1.807) is 12.1 Å². The van der Waals surface area contributed by atoms with Gasteiger partial charge >= 0.3 is 5.97 Å². The summed E-state index contributed by atoms with van der Waals surface area (Å²) in [6.45, 7) is 4.13. The topological polar surface area (TPSA) is 66.4 Å². The van der Waals surface area contributed by atoms with Gasteiger partial charge in [-0.2, -0.15) is 0 Å². The molecule has 0 aliphatic heterocycles. The van der Waals surface area contributed by atoms with Gasteiger partial charge in [-0.25, -0.2) is 0 Å². The van der Waals surface area contributed by atoms with E-state index >= 15 is 0 Å². The molecule has 0 spiro atoms. The largest absolute Gasteiger partial charge is 0.481 e. The molecule has 1 aliphatic carbocycles. The zero-order valence-electron chi connectivity index (χ0n) is 13.3. The normalized spacial score (nSPS) is 23.0. The smallest absolute Gasteiger partial charge is 0.305 e. The molecule has 1 aliphatic rings. The Morgan fingerprint density at radius 1 is 1.23 bits per heavy atom. The number of aliphatic carboxylic acids is 1. The van der Waals surface area contributed by atoms with Gasteiger partial charge in [0.2, 0.25) is 0 Å². The van der Waals surface area contributed by atoms with Crippen LogP contribution in [-0.4, -0.2) is 28.9 Å². The van der Waals surface area contributed by atoms with E-state index in [1.165, 1.54) is 6.42 Å². The lowest BCUT2D eigenvalue weighted by Crippen LogP contribution is -2.48. The van der Waals surface area contributed by atoms with Crippen molar-refractivity contribution in [1.29, 1.82) is 0 Å². The van der Waals surface area contributed by atoms with Crippen molar-refractivity contribution < 1.29 is 14.7 Å². The molecule has 0 aromatic heterocycles. The number of aryl methyl sites for hydroxylation is 1. The number of carboxylic acids is 1. The monoisotopic (exact) mass is 303 g/mol. The van der Waals surface area contributed by atoms with Gasteiger partial charge in [-0.3, -0.25) is 9.59 Å². The maximum atomic E-state index is 12.6. The van der Waals surface area contributed by atoms with Gasteiger partial charge in [0.15, 0.2) is 5.78 Å². The van der Waals surface area contributed by atoms with Crippen LogP contribution in [0.4, 0.5) is 0 Å². The number of ketones is 1. The van der Waals surface area contributed by atoms with Gasteiger partial charge in [0.25, 0.3) is 0 Å². The molecule has 1 fully saturated rings. The summed E-state index contributed by atoms with van der Waals surface area (Å²) in [5.41, 5.74) is 1.66. The van der Waals surface area contributed by atoms with Crippen LogP contribution in [-0.2, 0) is 4.79 Å². The van der Waals surface area contributed by atoms with Crippen molar-refractivity contribution in [3.8, 4) is 0 Å². The Kier molecular flexibility index (Phi) is 5.72. The van der Waals surface area contributed by atoms with Crippen LogP contribution in [0.25, 0.3) is 0 Å². The molecule has 4 nitrogen and oxygen atoms in total. The van der Waals surface area contributed by atoms with Crippen molar-refractivity contribution in [3.63, 3.8) is 0 Å². The first-order valence-electron chi connectivity index (χ1n) is 8.06. The molecule has 3 atom stereocenters. The zero-order valence-corrected chi connectivity index (χ0v) is 13.3. The lowest BCUT2D eigenvalue weighted by atomic mass is 9.85. The highest BCUT2D eigenvalue weighted by Crippen LogP contribution is 2.24. The first-order valence-corrected chi connectivity index (χ1v) is 8.06. The second-order valence-electron chi connectivity index (χ2n) is 6.42. The summed E-state index contributed by atoms with van der Waals surface area (Å²) in [5, 5.41) is 12.4. The second-order valence-corrected chi connectivity index (χ2v) is 6.42. The zero-order chi connectivity index (χ0) is 16.1. The SMILES string of the molecule is Cc1ccc(C(=O)C(CC(=O)O)NC2CCCCC2C)cc1. The van der Waals surface area contributed by atoms with Crippen LogP contribution in [0.3, 0.4) is 0 Å². The number of nitrogens with one attached hydrogen (secondary N) is 1. The van der Waals surface area contributed by atoms with Crippen LogP contribution in [0, 0.1) is 12.8 Å². The minimum Gasteiger partial charge on any atom is -0.481 e. The summed E-state index contributed by atoms with van der Waals surface area (Å²) in [6, 6.07) is 6.90. The molecule has 1 aromatic rings. The van der Waals surface area contributed by atoms with E-state index in [0.717, 1.165) is 24.8 Å². The first-order chi connectivity index (χ1) is 10.5. The standard InChI is InChI=1S/C18H25NO3/c1-12-7-9-14(10-8-12)18(22)16(11-17(20)21)19-15-6-4-3-5-13(15)2/h7-10,13,15-16,19H,3-6,11H2,1-2H3,(H,20,21). The van der Waals surface area contributed by atoms with E-state index in [2.05, 4.69) is 12.2 Å². The average Bonchev–Trinajstić information content (AvgIpc) is 2.48. The van der Waals surface area contributed by atoms with Gasteiger partial charge in [0, 0.05) is 11.6 Å². The molecule has 1 aromatic carbocycles. The Morgan fingerprint density at radius 2 is 1.86 bits per heavy atom. The molecule has 0 saturated heterocycles. The lowest BCUT2D eigenvalue weighted by molar-refractivity contribution is -0.137. The molecular weight excluding hydrogens is 278 g/mol. The molecule has 0 amide bonds. The molecule has 4 heteroatoms. The Labute approximate surface area is 131 Å². The van der Waals surface area contributed by atoms with Crippen LogP contribution >= 0.6 is 0 Å². The quantitative estimate of drug-likeness (QED) is 0.792. The van der Waals surface area contributed by atoms with E-state index in [9.17, 15) is 9.59 Å².